The summed E-state index contributed by atoms with van der Waals surface area (Å²) in [5.74, 6) is -0.0266. The fourth-order valence-electron chi connectivity index (χ4n) is 2.35. The number of nitrogens with zero attached hydrogens (tertiary/aromatic N) is 1. The average molecular weight is 268 g/mol. The Balaban J connectivity index is 1.73. The van der Waals surface area contributed by atoms with Crippen LogP contribution in [0.4, 0.5) is 17.1 Å². The van der Waals surface area contributed by atoms with Crippen LogP contribution in [-0.2, 0) is 4.79 Å². The van der Waals surface area contributed by atoms with Crippen LogP contribution in [0.5, 0.6) is 0 Å². The monoisotopic (exact) mass is 268 g/mol. The molecule has 1 fully saturated rings. The Morgan fingerprint density at radius 1 is 1.00 bits per heavy atom. The molecule has 0 bridgehead atoms. The molecule has 0 saturated carbocycles. The van der Waals surface area contributed by atoms with Gasteiger partial charge in [-0.3, -0.25) is 4.79 Å². The second-order valence-electron chi connectivity index (χ2n) is 4.90. The summed E-state index contributed by atoms with van der Waals surface area (Å²) in [7, 11) is 0. The molecule has 1 saturated heterocycles. The Morgan fingerprint density at radius 3 is 2.25 bits per heavy atom. The fraction of sp³-hybridized carbons (Fsp3) is 0.188. The molecule has 0 radical (unpaired) electrons. The largest absolute Gasteiger partial charge is 0.391 e. The molecule has 20 heavy (non-hydrogen) atoms. The Kier molecular flexibility index (Phi) is 3.39. The lowest BCUT2D eigenvalue weighted by Gasteiger charge is -2.16. The van der Waals surface area contributed by atoms with Crippen LogP contribution < -0.4 is 10.2 Å². The molecule has 1 aliphatic rings. The molecule has 1 heterocycles. The highest BCUT2D eigenvalue weighted by Gasteiger charge is 2.28. The van der Waals surface area contributed by atoms with E-state index >= 15 is 0 Å². The van der Waals surface area contributed by atoms with E-state index < -0.39 is 6.10 Å². The molecule has 0 aliphatic carbocycles. The first-order chi connectivity index (χ1) is 9.72. The van der Waals surface area contributed by atoms with Crippen LogP contribution in [0, 0.1) is 0 Å². The summed E-state index contributed by atoms with van der Waals surface area (Å²) in [6.07, 6.45) is -0.339. The van der Waals surface area contributed by atoms with Gasteiger partial charge in [0.15, 0.2) is 0 Å². The Morgan fingerprint density at radius 2 is 1.65 bits per heavy atom. The molecular formula is C16H16N2O2. The van der Waals surface area contributed by atoms with Gasteiger partial charge in [-0.05, 0) is 36.4 Å². The maximum absolute atomic E-state index is 11.7. The van der Waals surface area contributed by atoms with Gasteiger partial charge in [-0.25, -0.2) is 0 Å². The third-order valence-corrected chi connectivity index (χ3v) is 3.35. The third kappa shape index (κ3) is 2.65. The van der Waals surface area contributed by atoms with Gasteiger partial charge in [0.1, 0.15) is 0 Å². The van der Waals surface area contributed by atoms with E-state index in [4.69, 9.17) is 0 Å². The molecule has 0 spiro atoms. The highest BCUT2D eigenvalue weighted by atomic mass is 16.3. The summed E-state index contributed by atoms with van der Waals surface area (Å²) in [4.78, 5) is 13.3. The molecule has 4 heteroatoms. The molecule has 1 atom stereocenters. The van der Waals surface area contributed by atoms with Crippen LogP contribution in [0.1, 0.15) is 6.42 Å². The lowest BCUT2D eigenvalue weighted by Crippen LogP contribution is -2.25. The predicted molar refractivity (Wildman–Crippen MR) is 79.1 cm³/mol. The van der Waals surface area contributed by atoms with Gasteiger partial charge in [-0.15, -0.1) is 0 Å². The van der Waals surface area contributed by atoms with Crippen LogP contribution in [0.25, 0.3) is 0 Å². The summed E-state index contributed by atoms with van der Waals surface area (Å²) in [5.41, 5.74) is 2.81. The number of amides is 1. The fourth-order valence-corrected chi connectivity index (χ4v) is 2.35. The first kappa shape index (κ1) is 12.7. The number of anilines is 3. The van der Waals surface area contributed by atoms with Gasteiger partial charge >= 0.3 is 0 Å². The van der Waals surface area contributed by atoms with Gasteiger partial charge in [-0.1, -0.05) is 18.2 Å². The molecule has 4 nitrogen and oxygen atoms in total. The third-order valence-electron chi connectivity index (χ3n) is 3.35. The molecule has 3 rings (SSSR count). The molecule has 2 aromatic carbocycles. The number of hydrogen-bond acceptors (Lipinski definition) is 3. The van der Waals surface area contributed by atoms with E-state index in [-0.39, 0.29) is 12.3 Å². The van der Waals surface area contributed by atoms with E-state index in [1.165, 1.54) is 0 Å². The summed E-state index contributed by atoms with van der Waals surface area (Å²) >= 11 is 0. The molecule has 2 N–H and O–H groups in total. The van der Waals surface area contributed by atoms with Crippen molar-refractivity contribution in [3.8, 4) is 0 Å². The molecule has 102 valence electrons. The van der Waals surface area contributed by atoms with Crippen molar-refractivity contribution in [2.75, 3.05) is 16.8 Å². The SMILES string of the molecule is O=C1CC(O)CN1c1ccc(Nc2ccccc2)cc1. The number of β-amino-alcohol motifs (C(OH)–C–C–N with tert-alkyl or cyclic N) is 1. The number of para-hydroxylation sites is 1. The molecular weight excluding hydrogens is 252 g/mol. The number of nitrogens with one attached hydrogen (secondary N) is 1. The lowest BCUT2D eigenvalue weighted by molar-refractivity contribution is -0.117. The molecule has 1 amide bonds. The number of hydrogen-bond donors (Lipinski definition) is 2. The topological polar surface area (TPSA) is 52.6 Å². The minimum atomic E-state index is -0.551. The zero-order valence-electron chi connectivity index (χ0n) is 11.0. The van der Waals surface area contributed by atoms with Gasteiger partial charge in [0, 0.05) is 17.1 Å². The van der Waals surface area contributed by atoms with E-state index in [1.807, 2.05) is 54.6 Å². The zero-order chi connectivity index (χ0) is 13.9. The van der Waals surface area contributed by atoms with Crippen molar-refractivity contribution in [3.63, 3.8) is 0 Å². The first-order valence-corrected chi connectivity index (χ1v) is 6.63. The average Bonchev–Trinajstić information content (AvgIpc) is 2.80. The highest BCUT2D eigenvalue weighted by molar-refractivity contribution is 5.96. The van der Waals surface area contributed by atoms with E-state index in [0.717, 1.165) is 17.1 Å². The summed E-state index contributed by atoms with van der Waals surface area (Å²) in [6, 6.07) is 17.5. The van der Waals surface area contributed by atoms with E-state index in [1.54, 1.807) is 4.90 Å². The molecule has 1 aliphatic heterocycles. The number of aliphatic hydroxyl groups is 1. The number of benzene rings is 2. The number of rotatable bonds is 3. The second-order valence-corrected chi connectivity index (χ2v) is 4.90. The number of aliphatic hydroxyl groups excluding tert-OH is 1. The molecule has 0 aromatic heterocycles. The zero-order valence-corrected chi connectivity index (χ0v) is 11.0. The maximum Gasteiger partial charge on any atom is 0.229 e. The van der Waals surface area contributed by atoms with Crippen molar-refractivity contribution in [1.29, 1.82) is 0 Å². The van der Waals surface area contributed by atoms with Gasteiger partial charge in [0.2, 0.25) is 5.91 Å². The van der Waals surface area contributed by atoms with Gasteiger partial charge in [-0.2, -0.15) is 0 Å². The van der Waals surface area contributed by atoms with Gasteiger partial charge in [0.25, 0.3) is 0 Å². The van der Waals surface area contributed by atoms with E-state index in [9.17, 15) is 9.90 Å². The van der Waals surface area contributed by atoms with Crippen molar-refractivity contribution in [1.82, 2.24) is 0 Å². The first-order valence-electron chi connectivity index (χ1n) is 6.63. The van der Waals surface area contributed by atoms with Crippen molar-refractivity contribution in [2.24, 2.45) is 0 Å². The summed E-state index contributed by atoms with van der Waals surface area (Å²) in [5, 5.41) is 12.8. The summed E-state index contributed by atoms with van der Waals surface area (Å²) in [6.45, 7) is 0.379. The standard InChI is InChI=1S/C16H16N2O2/c19-15-10-16(20)18(11-15)14-8-6-13(7-9-14)17-12-4-2-1-3-5-12/h1-9,15,17,19H,10-11H2. The van der Waals surface area contributed by atoms with Crippen LogP contribution in [0.3, 0.4) is 0 Å². The Bertz CT molecular complexity index is 596. The lowest BCUT2D eigenvalue weighted by atomic mass is 10.2. The number of carbonyl (C=O) groups excluding carboxylic acids is 1. The van der Waals surface area contributed by atoms with Gasteiger partial charge < -0.3 is 15.3 Å². The minimum absolute atomic E-state index is 0.0266. The second kappa shape index (κ2) is 5.35. The van der Waals surface area contributed by atoms with Crippen molar-refractivity contribution >= 4 is 23.0 Å². The molecule has 2 aromatic rings. The normalized spacial score (nSPS) is 18.4. The molecule has 1 unspecified atom stereocenters. The van der Waals surface area contributed by atoms with Crippen LogP contribution in [-0.4, -0.2) is 23.7 Å². The number of carbonyl (C=O) groups is 1. The quantitative estimate of drug-likeness (QED) is 0.899. The van der Waals surface area contributed by atoms with Crippen LogP contribution >= 0.6 is 0 Å². The highest BCUT2D eigenvalue weighted by Crippen LogP contribution is 2.24. The Labute approximate surface area is 117 Å². The van der Waals surface area contributed by atoms with E-state index in [2.05, 4.69) is 5.32 Å². The van der Waals surface area contributed by atoms with Crippen molar-refractivity contribution < 1.29 is 9.90 Å². The van der Waals surface area contributed by atoms with E-state index in [0.29, 0.717) is 6.54 Å². The summed E-state index contributed by atoms with van der Waals surface area (Å²) < 4.78 is 0. The van der Waals surface area contributed by atoms with Crippen molar-refractivity contribution in [3.05, 3.63) is 54.6 Å². The minimum Gasteiger partial charge on any atom is -0.391 e. The van der Waals surface area contributed by atoms with Gasteiger partial charge in [0.05, 0.1) is 19.1 Å². The Hall–Kier alpha value is -2.33. The maximum atomic E-state index is 11.7. The smallest absolute Gasteiger partial charge is 0.229 e. The van der Waals surface area contributed by atoms with Crippen LogP contribution in [0.2, 0.25) is 0 Å². The predicted octanol–water partition coefficient (Wildman–Crippen LogP) is 2.53. The van der Waals surface area contributed by atoms with Crippen molar-refractivity contribution in [2.45, 2.75) is 12.5 Å². The van der Waals surface area contributed by atoms with Crippen LogP contribution in [0.15, 0.2) is 54.6 Å².